The van der Waals surface area contributed by atoms with Gasteiger partial charge in [0.1, 0.15) is 12.1 Å². The highest BCUT2D eigenvalue weighted by Gasteiger charge is 2.91. The number of carbonyl (C=O) groups excluding carboxylic acids is 1. The normalized spacial score (nSPS) is 16.0. The Morgan fingerprint density at radius 3 is 1.65 bits per heavy atom. The molecule has 0 amide bonds. The van der Waals surface area contributed by atoms with E-state index >= 15 is 8.78 Å². The van der Waals surface area contributed by atoms with Crippen molar-refractivity contribution in [3.8, 4) is 0 Å². The molecule has 1 aromatic rings. The Balaban J connectivity index is 3.75. The molecule has 16 heteroatoms. The fourth-order valence-corrected chi connectivity index (χ4v) is 3.17. The van der Waals surface area contributed by atoms with E-state index in [0.717, 1.165) is 18.2 Å². The third kappa shape index (κ3) is 5.93. The van der Waals surface area contributed by atoms with Crippen LogP contribution in [0.3, 0.4) is 0 Å². The Bertz CT molecular complexity index is 901. The van der Waals surface area contributed by atoms with Gasteiger partial charge in [-0.2, -0.15) is 57.1 Å². The molecule has 0 bridgehead atoms. The van der Waals surface area contributed by atoms with Gasteiger partial charge in [0.2, 0.25) is 0 Å². The highest BCUT2D eigenvalue weighted by atomic mass is 19.4. The topological polar surface area (TPSA) is 38.3 Å². The minimum absolute atomic E-state index is 0.353. The molecule has 0 spiro atoms. The molecule has 1 N–H and O–H groups in total. The van der Waals surface area contributed by atoms with E-state index in [1.807, 2.05) is 0 Å². The third-order valence-electron chi connectivity index (χ3n) is 5.10. The van der Waals surface area contributed by atoms with Gasteiger partial charge >= 0.3 is 41.8 Å². The predicted molar refractivity (Wildman–Crippen MR) is 103 cm³/mol. The van der Waals surface area contributed by atoms with E-state index in [1.54, 1.807) is 5.32 Å². The van der Waals surface area contributed by atoms with Crippen molar-refractivity contribution in [1.29, 1.82) is 0 Å². The van der Waals surface area contributed by atoms with Crippen molar-refractivity contribution in [2.45, 2.75) is 75.1 Å². The lowest BCUT2D eigenvalue weighted by Gasteiger charge is -2.42. The molecular formula is C21H22F13NO2. The van der Waals surface area contributed by atoms with Crippen LogP contribution in [0.1, 0.15) is 38.8 Å². The van der Waals surface area contributed by atoms with Crippen molar-refractivity contribution in [1.82, 2.24) is 5.32 Å². The van der Waals surface area contributed by atoms with Gasteiger partial charge in [-0.3, -0.25) is 10.1 Å². The molecule has 0 aliphatic carbocycles. The first-order valence-electron chi connectivity index (χ1n) is 10.4. The SMILES string of the molecule is CCOC(=O)[C@H](CC(C)C)N[C@H](c1ccccc1)C(F)(F)C(F)(F)C(F)(F)C(F)(F)C(F)(F)C(F)(F)F. The second-order valence-corrected chi connectivity index (χ2v) is 8.36. The van der Waals surface area contributed by atoms with Crippen LogP contribution in [-0.2, 0) is 9.53 Å². The molecule has 37 heavy (non-hydrogen) atoms. The van der Waals surface area contributed by atoms with Crippen LogP contribution in [0, 0.1) is 5.92 Å². The lowest BCUT2D eigenvalue weighted by molar-refractivity contribution is -0.441. The lowest BCUT2D eigenvalue weighted by Crippen LogP contribution is -2.71. The van der Waals surface area contributed by atoms with E-state index < -0.39 is 71.7 Å². The summed E-state index contributed by atoms with van der Waals surface area (Å²) in [5.74, 6) is -39.7. The summed E-state index contributed by atoms with van der Waals surface area (Å²) in [6.07, 6.45) is -7.95. The summed E-state index contributed by atoms with van der Waals surface area (Å²) in [7, 11) is 0. The predicted octanol–water partition coefficient (Wildman–Crippen LogP) is 7.03. The number of nitrogens with one attached hydrogen (secondary N) is 1. The molecule has 1 rings (SSSR count). The second-order valence-electron chi connectivity index (χ2n) is 8.36. The summed E-state index contributed by atoms with van der Waals surface area (Å²) < 4.78 is 183. The van der Waals surface area contributed by atoms with Crippen molar-refractivity contribution in [3.63, 3.8) is 0 Å². The number of esters is 1. The number of ether oxygens (including phenoxy) is 1. The maximum atomic E-state index is 15.1. The van der Waals surface area contributed by atoms with Gasteiger partial charge in [-0.1, -0.05) is 44.2 Å². The average Bonchev–Trinajstić information content (AvgIpc) is 2.75. The first-order valence-corrected chi connectivity index (χ1v) is 10.4. The van der Waals surface area contributed by atoms with Crippen LogP contribution in [-0.4, -0.2) is 54.4 Å². The maximum absolute atomic E-state index is 15.1. The van der Waals surface area contributed by atoms with E-state index in [2.05, 4.69) is 4.74 Å². The Morgan fingerprint density at radius 1 is 0.784 bits per heavy atom. The molecule has 0 saturated heterocycles. The molecule has 3 nitrogen and oxygen atoms in total. The van der Waals surface area contributed by atoms with Gasteiger partial charge in [0.15, 0.2) is 0 Å². The minimum atomic E-state index is -8.02. The first kappa shape index (κ1) is 32.8. The lowest BCUT2D eigenvalue weighted by atomic mass is 9.87. The summed E-state index contributed by atoms with van der Waals surface area (Å²) in [5, 5.41) is 1.63. The molecule has 0 aromatic heterocycles. The van der Waals surface area contributed by atoms with Gasteiger partial charge in [-0.15, -0.1) is 0 Å². The van der Waals surface area contributed by atoms with Gasteiger partial charge in [0.25, 0.3) is 0 Å². The van der Waals surface area contributed by atoms with Crippen molar-refractivity contribution >= 4 is 5.97 Å². The average molecular weight is 567 g/mol. The third-order valence-corrected chi connectivity index (χ3v) is 5.10. The van der Waals surface area contributed by atoms with Crippen LogP contribution < -0.4 is 5.32 Å². The molecule has 0 fully saturated rings. The summed E-state index contributed by atoms with van der Waals surface area (Å²) in [6, 6.07) is -1.16. The molecule has 0 unspecified atom stereocenters. The smallest absolute Gasteiger partial charge is 0.460 e. The Labute approximate surface area is 202 Å². The van der Waals surface area contributed by atoms with Crippen molar-refractivity contribution in [3.05, 3.63) is 35.9 Å². The van der Waals surface area contributed by atoms with Crippen LogP contribution in [0.2, 0.25) is 0 Å². The van der Waals surface area contributed by atoms with Crippen LogP contribution >= 0.6 is 0 Å². The zero-order valence-corrected chi connectivity index (χ0v) is 19.3. The molecule has 0 aliphatic heterocycles. The molecule has 1 aromatic carbocycles. The monoisotopic (exact) mass is 567 g/mol. The fourth-order valence-electron chi connectivity index (χ4n) is 3.17. The number of carbonyl (C=O) groups is 1. The highest BCUT2D eigenvalue weighted by molar-refractivity contribution is 5.75. The largest absolute Gasteiger partial charge is 0.465 e. The Kier molecular flexibility index (Phi) is 9.61. The summed E-state index contributed by atoms with van der Waals surface area (Å²) in [6.45, 7) is 3.76. The van der Waals surface area contributed by atoms with Gasteiger partial charge in [-0.05, 0) is 24.8 Å². The molecule has 214 valence electrons. The molecular weight excluding hydrogens is 545 g/mol. The standard InChI is InChI=1S/C21H22F13NO2/c1-4-37-15(36)13(10-11(2)3)35-14(12-8-6-5-7-9-12)16(22,23)17(24,25)18(26,27)19(28,29)20(30,31)21(32,33)34/h5-9,11,13-14,35H,4,10H2,1-3H3/t13-,14+/m0/s1. The minimum Gasteiger partial charge on any atom is -0.465 e. The van der Waals surface area contributed by atoms with Gasteiger partial charge in [0, 0.05) is 0 Å². The zero-order valence-electron chi connectivity index (χ0n) is 19.3. The zero-order chi connectivity index (χ0) is 29.3. The van der Waals surface area contributed by atoms with E-state index in [1.165, 1.54) is 20.8 Å². The number of alkyl halides is 13. The molecule has 0 aliphatic rings. The number of hydrogen-bond donors (Lipinski definition) is 1. The van der Waals surface area contributed by atoms with E-state index in [4.69, 9.17) is 0 Å². The quantitative estimate of drug-likeness (QED) is 0.218. The van der Waals surface area contributed by atoms with Crippen LogP contribution in [0.15, 0.2) is 30.3 Å². The molecule has 0 radical (unpaired) electrons. The number of benzene rings is 1. The summed E-state index contributed by atoms with van der Waals surface area (Å²) in [5.41, 5.74) is -1.01. The van der Waals surface area contributed by atoms with Gasteiger partial charge in [0.05, 0.1) is 6.61 Å². The van der Waals surface area contributed by atoms with Crippen LogP contribution in [0.25, 0.3) is 0 Å². The first-order chi connectivity index (χ1) is 16.5. The number of halogens is 13. The molecule has 0 saturated carbocycles. The van der Waals surface area contributed by atoms with E-state index in [9.17, 15) is 53.1 Å². The maximum Gasteiger partial charge on any atom is 0.460 e. The van der Waals surface area contributed by atoms with E-state index in [0.29, 0.717) is 12.1 Å². The Hall–Kier alpha value is -2.26. The molecule has 2 atom stereocenters. The number of rotatable bonds is 12. The van der Waals surface area contributed by atoms with Crippen LogP contribution in [0.5, 0.6) is 0 Å². The Morgan fingerprint density at radius 2 is 1.24 bits per heavy atom. The van der Waals surface area contributed by atoms with Gasteiger partial charge in [-0.25, -0.2) is 0 Å². The van der Waals surface area contributed by atoms with Crippen molar-refractivity contribution in [2.75, 3.05) is 6.61 Å². The van der Waals surface area contributed by atoms with Crippen LogP contribution in [0.4, 0.5) is 57.1 Å². The van der Waals surface area contributed by atoms with Crippen molar-refractivity contribution in [2.24, 2.45) is 5.92 Å². The molecule has 0 heterocycles. The van der Waals surface area contributed by atoms with Crippen molar-refractivity contribution < 1.29 is 66.6 Å². The fraction of sp³-hybridized carbons (Fsp3) is 0.667. The highest BCUT2D eigenvalue weighted by Crippen LogP contribution is 2.61. The second kappa shape index (κ2) is 10.8. The summed E-state index contributed by atoms with van der Waals surface area (Å²) >= 11 is 0. The summed E-state index contributed by atoms with van der Waals surface area (Å²) in [4.78, 5) is 12.2. The number of hydrogen-bond acceptors (Lipinski definition) is 3. The van der Waals surface area contributed by atoms with E-state index in [-0.39, 0.29) is 6.61 Å². The van der Waals surface area contributed by atoms with Gasteiger partial charge < -0.3 is 4.74 Å².